The zero-order chi connectivity index (χ0) is 21.1. The number of benzene rings is 1. The van der Waals surface area contributed by atoms with E-state index < -0.39 is 5.97 Å². The quantitative estimate of drug-likeness (QED) is 0.473. The molecule has 0 aliphatic heterocycles. The Morgan fingerprint density at radius 3 is 2.14 bits per heavy atom. The minimum atomic E-state index is -0.497. The molecule has 156 valence electrons. The van der Waals surface area contributed by atoms with Crippen LogP contribution in [0.3, 0.4) is 0 Å². The number of rotatable bonds is 9. The van der Waals surface area contributed by atoms with Crippen LogP contribution in [0.15, 0.2) is 18.2 Å². The van der Waals surface area contributed by atoms with Gasteiger partial charge in [-0.05, 0) is 50.5 Å². The highest BCUT2D eigenvalue weighted by Gasteiger charge is 2.28. The van der Waals surface area contributed by atoms with Crippen LogP contribution in [0.1, 0.15) is 46.2 Å². The largest absolute Gasteiger partial charge is 0.493 e. The van der Waals surface area contributed by atoms with E-state index in [0.717, 1.165) is 24.2 Å². The summed E-state index contributed by atoms with van der Waals surface area (Å²) in [4.78, 5) is 24.9. The van der Waals surface area contributed by atoms with Crippen LogP contribution in [0.5, 0.6) is 17.2 Å². The van der Waals surface area contributed by atoms with Gasteiger partial charge in [-0.15, -0.1) is 0 Å². The zero-order valence-electron chi connectivity index (χ0n) is 17.5. The van der Waals surface area contributed by atoms with Crippen LogP contribution in [-0.2, 0) is 16.0 Å². The molecule has 1 aromatic heterocycles. The Kier molecular flexibility index (Phi) is 6.15. The highest BCUT2D eigenvalue weighted by atomic mass is 16.5. The van der Waals surface area contributed by atoms with Crippen LogP contribution in [0.4, 0.5) is 0 Å². The first kappa shape index (κ1) is 20.8. The minimum Gasteiger partial charge on any atom is -0.493 e. The van der Waals surface area contributed by atoms with Crippen molar-refractivity contribution in [1.82, 2.24) is 4.57 Å². The van der Waals surface area contributed by atoms with Crippen molar-refractivity contribution in [3.63, 3.8) is 0 Å². The number of ketones is 1. The summed E-state index contributed by atoms with van der Waals surface area (Å²) in [6, 6.07) is 5.75. The normalized spacial score (nSPS) is 13.1. The summed E-state index contributed by atoms with van der Waals surface area (Å²) in [6.45, 7) is 3.66. The van der Waals surface area contributed by atoms with Crippen molar-refractivity contribution >= 4 is 11.8 Å². The van der Waals surface area contributed by atoms with E-state index in [1.165, 1.54) is 21.3 Å². The van der Waals surface area contributed by atoms with Gasteiger partial charge in [-0.2, -0.15) is 0 Å². The topological polar surface area (TPSA) is 76.0 Å². The van der Waals surface area contributed by atoms with E-state index in [1.807, 2.05) is 19.9 Å². The summed E-state index contributed by atoms with van der Waals surface area (Å²) in [5.41, 5.74) is 3.27. The molecule has 1 heterocycles. The molecule has 0 spiro atoms. The molecule has 0 amide bonds. The number of hydrogen-bond donors (Lipinski definition) is 0. The fraction of sp³-hybridized carbons (Fsp3) is 0.455. The Morgan fingerprint density at radius 1 is 1.00 bits per heavy atom. The first-order valence-electron chi connectivity index (χ1n) is 9.55. The molecule has 0 bridgehead atoms. The molecular weight excluding hydrogens is 374 g/mol. The molecule has 7 heteroatoms. The summed E-state index contributed by atoms with van der Waals surface area (Å²) >= 11 is 0. The first-order chi connectivity index (χ1) is 13.9. The van der Waals surface area contributed by atoms with Crippen molar-refractivity contribution in [2.45, 2.75) is 39.2 Å². The predicted octanol–water partition coefficient (Wildman–Crippen LogP) is 3.43. The lowest BCUT2D eigenvalue weighted by Gasteiger charge is -2.14. The highest BCUT2D eigenvalue weighted by molar-refractivity contribution is 5.99. The number of methoxy groups -OCH3 is 3. The van der Waals surface area contributed by atoms with Gasteiger partial charge in [0.05, 0.1) is 27.8 Å². The molecule has 3 rings (SSSR count). The van der Waals surface area contributed by atoms with Gasteiger partial charge in [-0.3, -0.25) is 9.59 Å². The standard InChI is InChI=1S/C22H27NO6/c1-13-8-17(14(2)23(13)16-6-7-16)18(24)12-29-21(25)11-15-9-19(26-3)22(28-5)20(10-15)27-4/h8-10,16H,6-7,11-12H2,1-5H3. The monoisotopic (exact) mass is 401 g/mol. The molecule has 1 aromatic carbocycles. The van der Waals surface area contributed by atoms with Crippen LogP contribution < -0.4 is 14.2 Å². The zero-order valence-corrected chi connectivity index (χ0v) is 17.5. The van der Waals surface area contributed by atoms with Gasteiger partial charge in [-0.1, -0.05) is 0 Å². The number of hydrogen-bond acceptors (Lipinski definition) is 6. The smallest absolute Gasteiger partial charge is 0.310 e. The van der Waals surface area contributed by atoms with Gasteiger partial charge in [-0.25, -0.2) is 0 Å². The lowest BCUT2D eigenvalue weighted by molar-refractivity contribution is -0.141. The van der Waals surface area contributed by atoms with Gasteiger partial charge in [0, 0.05) is 23.0 Å². The van der Waals surface area contributed by atoms with Crippen molar-refractivity contribution in [3.05, 3.63) is 40.7 Å². The molecule has 0 radical (unpaired) electrons. The lowest BCUT2D eigenvalue weighted by Crippen LogP contribution is -2.16. The molecule has 0 atom stereocenters. The van der Waals surface area contributed by atoms with Crippen molar-refractivity contribution in [1.29, 1.82) is 0 Å². The third-order valence-corrected chi connectivity index (χ3v) is 5.13. The van der Waals surface area contributed by atoms with E-state index >= 15 is 0 Å². The van der Waals surface area contributed by atoms with E-state index in [4.69, 9.17) is 18.9 Å². The highest BCUT2D eigenvalue weighted by Crippen LogP contribution is 2.39. The van der Waals surface area contributed by atoms with Crippen LogP contribution in [0, 0.1) is 13.8 Å². The third kappa shape index (κ3) is 4.39. The van der Waals surface area contributed by atoms with Crippen LogP contribution >= 0.6 is 0 Å². The predicted molar refractivity (Wildman–Crippen MR) is 107 cm³/mol. The van der Waals surface area contributed by atoms with Gasteiger partial charge in [0.1, 0.15) is 0 Å². The molecule has 0 saturated heterocycles. The SMILES string of the molecule is COc1cc(CC(=O)OCC(=O)c2cc(C)n(C3CC3)c2C)cc(OC)c1OC. The second-order valence-electron chi connectivity index (χ2n) is 7.18. The second kappa shape index (κ2) is 8.59. The lowest BCUT2D eigenvalue weighted by atomic mass is 10.1. The number of carbonyl (C=O) groups is 2. The molecule has 2 aromatic rings. The fourth-order valence-corrected chi connectivity index (χ4v) is 3.63. The summed E-state index contributed by atoms with van der Waals surface area (Å²) in [6.07, 6.45) is 2.28. The van der Waals surface area contributed by atoms with Gasteiger partial charge in [0.25, 0.3) is 0 Å². The van der Waals surface area contributed by atoms with Crippen molar-refractivity contribution in [3.8, 4) is 17.2 Å². The van der Waals surface area contributed by atoms with Crippen LogP contribution in [0.2, 0.25) is 0 Å². The number of esters is 1. The second-order valence-corrected chi connectivity index (χ2v) is 7.18. The van der Waals surface area contributed by atoms with Crippen molar-refractivity contribution in [2.75, 3.05) is 27.9 Å². The van der Waals surface area contributed by atoms with E-state index in [0.29, 0.717) is 34.4 Å². The van der Waals surface area contributed by atoms with Crippen molar-refractivity contribution < 1.29 is 28.5 Å². The minimum absolute atomic E-state index is 0.00884. The first-order valence-corrected chi connectivity index (χ1v) is 9.55. The van der Waals surface area contributed by atoms with Gasteiger partial charge in [0.2, 0.25) is 11.5 Å². The van der Waals surface area contributed by atoms with E-state index in [2.05, 4.69) is 4.57 Å². The Hall–Kier alpha value is -2.96. The molecular formula is C22H27NO6. The van der Waals surface area contributed by atoms with E-state index in [-0.39, 0.29) is 18.8 Å². The molecule has 0 unspecified atom stereocenters. The third-order valence-electron chi connectivity index (χ3n) is 5.13. The Morgan fingerprint density at radius 2 is 1.62 bits per heavy atom. The molecule has 1 aliphatic rings. The van der Waals surface area contributed by atoms with Gasteiger partial charge >= 0.3 is 5.97 Å². The average Bonchev–Trinajstić information content (AvgIpc) is 3.49. The van der Waals surface area contributed by atoms with Crippen LogP contribution in [-0.4, -0.2) is 44.3 Å². The number of carbonyl (C=O) groups excluding carboxylic acids is 2. The number of nitrogens with zero attached hydrogens (tertiary/aromatic N) is 1. The van der Waals surface area contributed by atoms with E-state index in [9.17, 15) is 9.59 Å². The number of Topliss-reactive ketones (excluding diaryl/α,β-unsaturated/α-hetero) is 1. The van der Waals surface area contributed by atoms with Crippen LogP contribution in [0.25, 0.3) is 0 Å². The summed E-state index contributed by atoms with van der Waals surface area (Å²) in [7, 11) is 4.53. The number of ether oxygens (including phenoxy) is 4. The maximum absolute atomic E-state index is 12.6. The summed E-state index contributed by atoms with van der Waals surface area (Å²) in [5.74, 6) is 0.677. The number of aromatic nitrogens is 1. The maximum Gasteiger partial charge on any atom is 0.310 e. The molecule has 29 heavy (non-hydrogen) atoms. The molecule has 1 saturated carbocycles. The molecule has 1 fully saturated rings. The summed E-state index contributed by atoms with van der Waals surface area (Å²) in [5, 5.41) is 0. The van der Waals surface area contributed by atoms with E-state index in [1.54, 1.807) is 12.1 Å². The van der Waals surface area contributed by atoms with Gasteiger partial charge in [0.15, 0.2) is 18.1 Å². The maximum atomic E-state index is 12.6. The van der Waals surface area contributed by atoms with Crippen molar-refractivity contribution in [2.24, 2.45) is 0 Å². The van der Waals surface area contributed by atoms with Gasteiger partial charge < -0.3 is 23.5 Å². The Labute approximate surface area is 170 Å². The molecule has 1 aliphatic carbocycles. The Balaban J connectivity index is 1.64. The number of aryl methyl sites for hydroxylation is 1. The average molecular weight is 401 g/mol. The fourth-order valence-electron chi connectivity index (χ4n) is 3.63. The molecule has 0 N–H and O–H groups in total. The molecule has 7 nitrogen and oxygen atoms in total. The summed E-state index contributed by atoms with van der Waals surface area (Å²) < 4.78 is 23.3. The Bertz CT molecular complexity index is 901.